The van der Waals surface area contributed by atoms with Crippen LogP contribution in [0.5, 0.6) is 0 Å². The fraction of sp³-hybridized carbons (Fsp3) is 0.592. The van der Waals surface area contributed by atoms with Gasteiger partial charge in [-0.2, -0.15) is 67.5 Å². The standard InChI is InChI=1S/C49H65N9O7S.5H2S/c1-7-57-42-13-12-32-20-36(42)38(45(57)37-21-34(24-50-44(37)30(2)63-6)56-17-16-54-18-19-64-27-35(54)26-56)23-49(4,5)29-65-48(62)39-11-9-15-58(53-39)47(61)40(22-43-51-41(32)28-66-43)52-46(60)33-10-8-14-55(25-33)31(3)59;;;;;/h12-13,20-21,24,28,30,33,35,39-40,53H,7-11,14-19,22-23,25-27,29H2,1-6H3,(H,52,60);5*1H2/t30-,33-,35-,39-,40-;;;;;/m0...../s1. The van der Waals surface area contributed by atoms with Crippen molar-refractivity contribution in [1.82, 2.24) is 40.1 Å². The van der Waals surface area contributed by atoms with E-state index in [1.807, 2.05) is 18.5 Å². The van der Waals surface area contributed by atoms with Crippen LogP contribution in [0.2, 0.25) is 0 Å². The number of cyclic esters (lactones) is 1. The minimum Gasteiger partial charge on any atom is -0.464 e. The Kier molecular flexibility index (Phi) is 22.0. The molecule has 22 heteroatoms. The predicted molar refractivity (Wildman–Crippen MR) is 305 cm³/mol. The SMILES string of the molecule is CCn1c(-c2cc(N3CCN4CCOC[C@@H]4C3)cnc2[C@H](C)OC)c2c3cc(ccc31)-c1csc(n1)C[C@H](NC(=O)[C@H]1CCCN(C(C)=O)C1)C(=O)N1CCC[C@H](N1)C(=O)OCC(C)(C)C2.S.S.S.S.S. The monoisotopic (exact) mass is 1090 g/mol. The van der Waals surface area contributed by atoms with Crippen molar-refractivity contribution in [3.8, 4) is 22.5 Å². The molecule has 0 aliphatic carbocycles. The van der Waals surface area contributed by atoms with Gasteiger partial charge in [-0.3, -0.25) is 34.1 Å². The number of amides is 3. The molecule has 5 aliphatic heterocycles. The van der Waals surface area contributed by atoms with Crippen LogP contribution in [0.1, 0.15) is 82.7 Å². The molecule has 0 unspecified atom stereocenters. The highest BCUT2D eigenvalue weighted by Crippen LogP contribution is 2.43. The van der Waals surface area contributed by atoms with Crippen molar-refractivity contribution >= 4 is 119 Å². The number of piperidine rings is 1. The van der Waals surface area contributed by atoms with Gasteiger partial charge in [-0.15, -0.1) is 11.3 Å². The Morgan fingerprint density at radius 2 is 1.79 bits per heavy atom. The summed E-state index contributed by atoms with van der Waals surface area (Å²) in [4.78, 5) is 71.5. The van der Waals surface area contributed by atoms with Crippen LogP contribution in [0.15, 0.2) is 35.8 Å². The van der Waals surface area contributed by atoms with Gasteiger partial charge in [0.2, 0.25) is 11.8 Å². The topological polar surface area (TPSA) is 164 Å². The summed E-state index contributed by atoms with van der Waals surface area (Å²) in [5.41, 5.74) is 10.6. The molecule has 0 spiro atoms. The number of rotatable bonds is 7. The van der Waals surface area contributed by atoms with Crippen molar-refractivity contribution in [3.05, 3.63) is 52.1 Å². The lowest BCUT2D eigenvalue weighted by Gasteiger charge is -2.44. The zero-order valence-corrected chi connectivity index (χ0v) is 47.6. The fourth-order valence-electron chi connectivity index (χ4n) is 10.5. The minimum absolute atomic E-state index is 0. The van der Waals surface area contributed by atoms with Gasteiger partial charge < -0.3 is 33.9 Å². The number of likely N-dealkylation sites (tertiary alicyclic amines) is 1. The van der Waals surface area contributed by atoms with Crippen LogP contribution in [0, 0.1) is 11.3 Å². The summed E-state index contributed by atoms with van der Waals surface area (Å²) >= 11 is 1.45. The average molecular weight is 1090 g/mol. The first-order chi connectivity index (χ1) is 31.8. The molecular formula is C49H75N9O7S6. The Hall–Kier alpha value is -3.19. The van der Waals surface area contributed by atoms with Gasteiger partial charge in [0.05, 0.1) is 71.9 Å². The van der Waals surface area contributed by atoms with Crippen molar-refractivity contribution < 1.29 is 33.4 Å². The number of esters is 1. The van der Waals surface area contributed by atoms with Gasteiger partial charge in [0.15, 0.2) is 0 Å². The number of morpholine rings is 1. The number of carbonyl (C=O) groups is 4. The number of ether oxygens (including phenoxy) is 3. The number of hydrogen-bond donors (Lipinski definition) is 2. The molecule has 394 valence electrons. The number of hydrogen-bond acceptors (Lipinski definition) is 13. The maximum absolute atomic E-state index is 14.4. The van der Waals surface area contributed by atoms with Gasteiger partial charge in [0.1, 0.15) is 12.1 Å². The van der Waals surface area contributed by atoms with Crippen molar-refractivity contribution in [2.75, 3.05) is 77.6 Å². The number of nitrogens with one attached hydrogen (secondary N) is 2. The van der Waals surface area contributed by atoms with Crippen LogP contribution < -0.4 is 15.6 Å². The van der Waals surface area contributed by atoms with Crippen molar-refractivity contribution in [2.24, 2.45) is 11.3 Å². The Balaban J connectivity index is 0.00000219. The number of pyridine rings is 1. The number of benzene rings is 1. The highest BCUT2D eigenvalue weighted by atomic mass is 32.1. The molecule has 8 heterocycles. The molecule has 9 rings (SSSR count). The normalized spacial score (nSPS) is 22.9. The number of thiazole rings is 1. The lowest BCUT2D eigenvalue weighted by molar-refractivity contribution is -0.155. The van der Waals surface area contributed by atoms with Crippen molar-refractivity contribution in [3.63, 3.8) is 0 Å². The molecule has 71 heavy (non-hydrogen) atoms. The van der Waals surface area contributed by atoms with Crippen LogP contribution in [0.4, 0.5) is 5.69 Å². The molecule has 2 N–H and O–H groups in total. The number of aromatic nitrogens is 3. The van der Waals surface area contributed by atoms with Gasteiger partial charge in [-0.05, 0) is 69.7 Å². The third kappa shape index (κ3) is 13.0. The third-order valence-corrected chi connectivity index (χ3v) is 15.1. The van der Waals surface area contributed by atoms with E-state index in [0.29, 0.717) is 69.3 Å². The summed E-state index contributed by atoms with van der Waals surface area (Å²) in [5, 5.41) is 8.32. The van der Waals surface area contributed by atoms with Crippen LogP contribution in [-0.4, -0.2) is 144 Å². The second-order valence-electron chi connectivity index (χ2n) is 19.5. The summed E-state index contributed by atoms with van der Waals surface area (Å²) in [6.07, 6.45) is 4.87. The lowest BCUT2D eigenvalue weighted by Crippen LogP contribution is -2.61. The summed E-state index contributed by atoms with van der Waals surface area (Å²) in [7, 11) is 1.72. The molecule has 5 atom stereocenters. The zero-order valence-electron chi connectivity index (χ0n) is 41.8. The van der Waals surface area contributed by atoms with E-state index in [9.17, 15) is 19.2 Å². The Morgan fingerprint density at radius 3 is 2.54 bits per heavy atom. The number of methoxy groups -OCH3 is 1. The van der Waals surface area contributed by atoms with E-state index in [1.54, 1.807) is 12.0 Å². The Labute approximate surface area is 457 Å². The van der Waals surface area contributed by atoms with Crippen LogP contribution in [0.25, 0.3) is 33.4 Å². The first kappa shape index (κ1) is 60.4. The van der Waals surface area contributed by atoms with Crippen molar-refractivity contribution in [1.29, 1.82) is 0 Å². The molecule has 6 bridgehead atoms. The molecule has 0 radical (unpaired) electrons. The van der Waals surface area contributed by atoms with Gasteiger partial charge in [-0.1, -0.05) is 19.9 Å². The maximum atomic E-state index is 14.4. The highest BCUT2D eigenvalue weighted by molar-refractivity contribution is 7.60. The number of fused-ring (bicyclic) bond motifs is 7. The van der Waals surface area contributed by atoms with Crippen LogP contribution in [-0.2, 0) is 52.8 Å². The zero-order chi connectivity index (χ0) is 46.3. The van der Waals surface area contributed by atoms with E-state index in [4.69, 9.17) is 24.2 Å². The number of nitrogens with zero attached hydrogens (tertiary/aromatic N) is 7. The average Bonchev–Trinajstić information content (AvgIpc) is 3.93. The first-order valence-corrected chi connectivity index (χ1v) is 24.7. The molecule has 3 amide bonds. The van der Waals surface area contributed by atoms with Crippen molar-refractivity contribution in [2.45, 2.75) is 104 Å². The molecule has 4 aromatic rings. The summed E-state index contributed by atoms with van der Waals surface area (Å²) < 4.78 is 20.5. The van der Waals surface area contributed by atoms with E-state index in [0.717, 1.165) is 89.8 Å². The summed E-state index contributed by atoms with van der Waals surface area (Å²) in [6, 6.07) is 7.43. The van der Waals surface area contributed by atoms with E-state index in [-0.39, 0.29) is 104 Å². The lowest BCUT2D eigenvalue weighted by atomic mass is 9.84. The smallest absolute Gasteiger partial charge is 0.324 e. The van der Waals surface area contributed by atoms with Crippen LogP contribution >= 0.6 is 78.8 Å². The molecule has 16 nitrogen and oxygen atoms in total. The Bertz CT molecular complexity index is 2490. The number of hydrazine groups is 1. The molecule has 3 aromatic heterocycles. The number of aryl methyl sites for hydroxylation is 1. The largest absolute Gasteiger partial charge is 0.464 e. The van der Waals surface area contributed by atoms with Gasteiger partial charge >= 0.3 is 5.97 Å². The van der Waals surface area contributed by atoms with E-state index in [1.165, 1.54) is 23.3 Å². The van der Waals surface area contributed by atoms with E-state index < -0.39 is 29.4 Å². The predicted octanol–water partition coefficient (Wildman–Crippen LogP) is 5.55. The quantitative estimate of drug-likeness (QED) is 0.223. The fourth-order valence-corrected chi connectivity index (χ4v) is 11.4. The minimum atomic E-state index is -0.951. The second kappa shape index (κ2) is 25.8. The summed E-state index contributed by atoms with van der Waals surface area (Å²) in [6.45, 7) is 17.3. The Morgan fingerprint density at radius 1 is 1.01 bits per heavy atom. The molecule has 1 aromatic carbocycles. The number of piperazine rings is 1. The molecule has 0 saturated carbocycles. The molecule has 4 fully saturated rings. The van der Waals surface area contributed by atoms with E-state index >= 15 is 0 Å². The van der Waals surface area contributed by atoms with Crippen LogP contribution in [0.3, 0.4) is 0 Å². The first-order valence-electron chi connectivity index (χ1n) is 23.8. The summed E-state index contributed by atoms with van der Waals surface area (Å²) in [5.74, 6) is -1.55. The second-order valence-corrected chi connectivity index (χ2v) is 20.4. The van der Waals surface area contributed by atoms with Gasteiger partial charge in [0.25, 0.3) is 5.91 Å². The molecular weight excluding hydrogens is 1020 g/mol. The molecule has 4 saturated heterocycles. The third-order valence-electron chi connectivity index (χ3n) is 14.3. The van der Waals surface area contributed by atoms with Gasteiger partial charge in [-0.25, -0.2) is 10.4 Å². The van der Waals surface area contributed by atoms with E-state index in [2.05, 4.69) is 70.1 Å². The van der Waals surface area contributed by atoms with Gasteiger partial charge in [0, 0.05) is 106 Å². The molecule has 5 aliphatic rings. The highest BCUT2D eigenvalue weighted by Gasteiger charge is 2.38. The maximum Gasteiger partial charge on any atom is 0.324 e. The number of anilines is 1. The number of carbonyl (C=O) groups excluding carboxylic acids is 4.